The SMILES string of the molecule is CN(CCC(=O)O)C(=O)Nc1ccc(-n2cnnn2)cc1. The highest BCUT2D eigenvalue weighted by molar-refractivity contribution is 5.89. The molecule has 0 saturated carbocycles. The first kappa shape index (κ1) is 14.4. The Bertz CT molecular complexity index is 610. The number of carbonyl (C=O) groups excluding carboxylic acids is 1. The Labute approximate surface area is 120 Å². The fourth-order valence-corrected chi connectivity index (χ4v) is 1.56. The number of aliphatic carboxylic acids is 1. The van der Waals surface area contributed by atoms with Gasteiger partial charge in [-0.25, -0.2) is 9.48 Å². The molecule has 0 radical (unpaired) electrons. The van der Waals surface area contributed by atoms with Crippen molar-refractivity contribution in [3.63, 3.8) is 0 Å². The molecule has 1 heterocycles. The molecule has 2 amide bonds. The Kier molecular flexibility index (Phi) is 4.44. The molecule has 0 fully saturated rings. The van der Waals surface area contributed by atoms with Gasteiger partial charge in [0.15, 0.2) is 0 Å². The lowest BCUT2D eigenvalue weighted by atomic mass is 10.3. The van der Waals surface area contributed by atoms with Crippen molar-refractivity contribution >= 4 is 17.7 Å². The number of urea groups is 1. The normalized spacial score (nSPS) is 10.1. The molecule has 0 aliphatic rings. The van der Waals surface area contributed by atoms with Crippen LogP contribution in [0.5, 0.6) is 0 Å². The number of benzene rings is 1. The monoisotopic (exact) mass is 290 g/mol. The quantitative estimate of drug-likeness (QED) is 0.833. The summed E-state index contributed by atoms with van der Waals surface area (Å²) >= 11 is 0. The number of carboxylic acids is 1. The van der Waals surface area contributed by atoms with Gasteiger partial charge in [0.25, 0.3) is 0 Å². The molecule has 2 rings (SSSR count). The second-order valence-corrected chi connectivity index (χ2v) is 4.30. The topological polar surface area (TPSA) is 113 Å². The van der Waals surface area contributed by atoms with E-state index in [2.05, 4.69) is 20.8 Å². The average Bonchev–Trinajstić information content (AvgIpc) is 2.99. The van der Waals surface area contributed by atoms with Crippen LogP contribution in [0.4, 0.5) is 10.5 Å². The minimum Gasteiger partial charge on any atom is -0.481 e. The summed E-state index contributed by atoms with van der Waals surface area (Å²) in [4.78, 5) is 23.6. The van der Waals surface area contributed by atoms with Gasteiger partial charge in [0.05, 0.1) is 12.1 Å². The molecule has 0 aliphatic carbocycles. The van der Waals surface area contributed by atoms with Crippen molar-refractivity contribution < 1.29 is 14.7 Å². The highest BCUT2D eigenvalue weighted by atomic mass is 16.4. The lowest BCUT2D eigenvalue weighted by Crippen LogP contribution is -2.33. The van der Waals surface area contributed by atoms with Gasteiger partial charge >= 0.3 is 12.0 Å². The lowest BCUT2D eigenvalue weighted by molar-refractivity contribution is -0.137. The van der Waals surface area contributed by atoms with Crippen LogP contribution in [0.25, 0.3) is 5.69 Å². The van der Waals surface area contributed by atoms with E-state index in [1.54, 1.807) is 24.3 Å². The van der Waals surface area contributed by atoms with Crippen molar-refractivity contribution in [3.05, 3.63) is 30.6 Å². The van der Waals surface area contributed by atoms with E-state index in [1.807, 2.05) is 0 Å². The first-order valence-electron chi connectivity index (χ1n) is 6.13. The van der Waals surface area contributed by atoms with Gasteiger partial charge in [-0.2, -0.15) is 0 Å². The van der Waals surface area contributed by atoms with Crippen LogP contribution in [0.1, 0.15) is 6.42 Å². The summed E-state index contributed by atoms with van der Waals surface area (Å²) in [5.41, 5.74) is 1.36. The van der Waals surface area contributed by atoms with Crippen LogP contribution in [0, 0.1) is 0 Å². The van der Waals surface area contributed by atoms with Crippen molar-refractivity contribution in [2.24, 2.45) is 0 Å². The highest BCUT2D eigenvalue weighted by Gasteiger charge is 2.10. The van der Waals surface area contributed by atoms with E-state index < -0.39 is 5.97 Å². The molecule has 0 unspecified atom stereocenters. The van der Waals surface area contributed by atoms with Gasteiger partial charge in [-0.1, -0.05) is 0 Å². The van der Waals surface area contributed by atoms with Crippen LogP contribution >= 0.6 is 0 Å². The predicted octanol–water partition coefficient (Wildman–Crippen LogP) is 0.601. The van der Waals surface area contributed by atoms with Crippen LogP contribution in [-0.4, -0.2) is 55.8 Å². The molecular weight excluding hydrogens is 276 g/mol. The number of tetrazole rings is 1. The maximum Gasteiger partial charge on any atom is 0.321 e. The van der Waals surface area contributed by atoms with E-state index in [-0.39, 0.29) is 19.0 Å². The number of nitrogens with one attached hydrogen (secondary N) is 1. The van der Waals surface area contributed by atoms with E-state index >= 15 is 0 Å². The molecule has 1 aromatic carbocycles. The fourth-order valence-electron chi connectivity index (χ4n) is 1.56. The van der Waals surface area contributed by atoms with E-state index in [9.17, 15) is 9.59 Å². The summed E-state index contributed by atoms with van der Waals surface area (Å²) in [6.45, 7) is 0.143. The zero-order chi connectivity index (χ0) is 15.2. The van der Waals surface area contributed by atoms with E-state index in [0.717, 1.165) is 5.69 Å². The summed E-state index contributed by atoms with van der Waals surface area (Å²) in [7, 11) is 1.54. The average molecular weight is 290 g/mol. The van der Waals surface area contributed by atoms with Gasteiger partial charge in [-0.05, 0) is 34.7 Å². The molecular formula is C12H14N6O3. The number of hydrogen-bond acceptors (Lipinski definition) is 5. The summed E-state index contributed by atoms with van der Waals surface area (Å²) in [6, 6.07) is 6.55. The fraction of sp³-hybridized carbons (Fsp3) is 0.250. The minimum absolute atomic E-state index is 0.0951. The molecule has 0 spiro atoms. The number of anilines is 1. The molecule has 110 valence electrons. The van der Waals surface area contributed by atoms with Crippen LogP contribution in [0.3, 0.4) is 0 Å². The summed E-state index contributed by atoms with van der Waals surface area (Å²) in [6.07, 6.45) is 1.37. The first-order valence-corrected chi connectivity index (χ1v) is 6.13. The van der Waals surface area contributed by atoms with Gasteiger partial charge in [0.1, 0.15) is 6.33 Å². The van der Waals surface area contributed by atoms with Crippen LogP contribution in [0.2, 0.25) is 0 Å². The zero-order valence-corrected chi connectivity index (χ0v) is 11.3. The van der Waals surface area contributed by atoms with Gasteiger partial charge in [0.2, 0.25) is 0 Å². The Hall–Kier alpha value is -2.97. The number of aromatic nitrogens is 4. The molecule has 0 saturated heterocycles. The standard InChI is InChI=1S/C12H14N6O3/c1-17(7-6-11(19)20)12(21)14-9-2-4-10(5-3-9)18-8-13-15-16-18/h2-5,8H,6-7H2,1H3,(H,14,21)(H,19,20). The molecule has 0 bridgehead atoms. The number of rotatable bonds is 5. The van der Waals surface area contributed by atoms with Crippen LogP contribution in [-0.2, 0) is 4.79 Å². The van der Waals surface area contributed by atoms with Gasteiger partial charge in [-0.15, -0.1) is 5.10 Å². The Morgan fingerprint density at radius 2 is 2.05 bits per heavy atom. The number of carbonyl (C=O) groups is 2. The third kappa shape index (κ3) is 4.00. The van der Waals surface area contributed by atoms with E-state index in [0.29, 0.717) is 5.69 Å². The largest absolute Gasteiger partial charge is 0.481 e. The lowest BCUT2D eigenvalue weighted by Gasteiger charge is -2.17. The van der Waals surface area contributed by atoms with Crippen molar-refractivity contribution in [3.8, 4) is 5.69 Å². The molecule has 0 aliphatic heterocycles. The second-order valence-electron chi connectivity index (χ2n) is 4.30. The summed E-state index contributed by atoms with van der Waals surface area (Å²) < 4.78 is 1.49. The van der Waals surface area contributed by atoms with Gasteiger partial charge < -0.3 is 15.3 Å². The third-order valence-corrected chi connectivity index (χ3v) is 2.74. The molecule has 2 N–H and O–H groups in total. The Morgan fingerprint density at radius 1 is 1.33 bits per heavy atom. The van der Waals surface area contributed by atoms with Gasteiger partial charge in [-0.3, -0.25) is 4.79 Å². The number of carboxylic acid groups (broad SMARTS) is 1. The van der Waals surface area contributed by atoms with E-state index in [4.69, 9.17) is 5.11 Å². The molecule has 9 nitrogen and oxygen atoms in total. The maximum atomic E-state index is 11.8. The molecule has 2 aromatic rings. The van der Waals surface area contributed by atoms with Crippen molar-refractivity contribution in [1.29, 1.82) is 0 Å². The number of amides is 2. The molecule has 1 aromatic heterocycles. The molecule has 9 heteroatoms. The van der Waals surface area contributed by atoms with Gasteiger partial charge in [0, 0.05) is 19.3 Å². The van der Waals surface area contributed by atoms with Crippen molar-refractivity contribution in [1.82, 2.24) is 25.1 Å². The van der Waals surface area contributed by atoms with Crippen LogP contribution in [0.15, 0.2) is 30.6 Å². The van der Waals surface area contributed by atoms with Crippen molar-refractivity contribution in [2.75, 3.05) is 18.9 Å². The number of hydrogen-bond donors (Lipinski definition) is 2. The zero-order valence-electron chi connectivity index (χ0n) is 11.3. The van der Waals surface area contributed by atoms with Crippen molar-refractivity contribution in [2.45, 2.75) is 6.42 Å². The number of nitrogens with zero attached hydrogens (tertiary/aromatic N) is 5. The van der Waals surface area contributed by atoms with Crippen LogP contribution < -0.4 is 5.32 Å². The smallest absolute Gasteiger partial charge is 0.321 e. The second kappa shape index (κ2) is 6.46. The molecule has 21 heavy (non-hydrogen) atoms. The molecule has 0 atom stereocenters. The van der Waals surface area contributed by atoms with E-state index in [1.165, 1.54) is 23.0 Å². The minimum atomic E-state index is -0.944. The predicted molar refractivity (Wildman–Crippen MR) is 73.1 cm³/mol. The summed E-state index contributed by atoms with van der Waals surface area (Å²) in [5, 5.41) is 22.1. The highest BCUT2D eigenvalue weighted by Crippen LogP contribution is 2.12. The maximum absolute atomic E-state index is 11.8. The third-order valence-electron chi connectivity index (χ3n) is 2.74. The Morgan fingerprint density at radius 3 is 2.62 bits per heavy atom. The summed E-state index contributed by atoms with van der Waals surface area (Å²) in [5.74, 6) is -0.944. The Balaban J connectivity index is 1.94. The first-order chi connectivity index (χ1) is 10.1.